The smallest absolute Gasteiger partial charge is 0.232 e. The van der Waals surface area contributed by atoms with Crippen molar-refractivity contribution >= 4 is 11.6 Å². The zero-order valence-electron chi connectivity index (χ0n) is 3.81. The van der Waals surface area contributed by atoms with Gasteiger partial charge in [0.1, 0.15) is 0 Å². The topological polar surface area (TPSA) is 25.8 Å². The van der Waals surface area contributed by atoms with Crippen LogP contribution >= 0.6 is 11.6 Å². The maximum atomic E-state index is 11.9. The molecule has 0 radical (unpaired) electrons. The summed E-state index contributed by atoms with van der Waals surface area (Å²) >= 11 is 5.23. The third-order valence-electron chi connectivity index (χ3n) is 0.576. The molecule has 0 N–H and O–H groups in total. The van der Waals surface area contributed by atoms with Crippen molar-refractivity contribution in [2.75, 3.05) is 0 Å². The highest BCUT2D eigenvalue weighted by Gasteiger charge is 1.89. The van der Waals surface area contributed by atoms with E-state index in [1.165, 1.54) is 6.20 Å². The van der Waals surface area contributed by atoms with Crippen LogP contribution < -0.4 is 0 Å². The highest BCUT2D eigenvalue weighted by molar-refractivity contribution is 6.29. The van der Waals surface area contributed by atoms with Gasteiger partial charge in [-0.05, 0) is 0 Å². The summed E-state index contributed by atoms with van der Waals surface area (Å²) in [5, 5.41) is 0.0741. The summed E-state index contributed by atoms with van der Waals surface area (Å²) in [6, 6.07) is 0. The van der Waals surface area contributed by atoms with Gasteiger partial charge in [0.05, 0.1) is 12.4 Å². The largest absolute Gasteiger partial charge is 0.257 e. The van der Waals surface area contributed by atoms with Crippen molar-refractivity contribution in [3.63, 3.8) is 0 Å². The minimum Gasteiger partial charge on any atom is -0.257 e. The Balaban J connectivity index is 3.08. The molecular formula is C4H2ClFN2. The van der Waals surface area contributed by atoms with Crippen molar-refractivity contribution in [2.24, 2.45) is 0 Å². The molecule has 1 aromatic heterocycles. The normalized spacial score (nSPS) is 9.25. The minimum atomic E-state index is -0.655. The molecule has 42 valence electrons. The first-order valence-corrected chi connectivity index (χ1v) is 2.30. The molecule has 4 heteroatoms. The summed E-state index contributed by atoms with van der Waals surface area (Å²) in [6.07, 6.45) is 2.26. The van der Waals surface area contributed by atoms with Gasteiger partial charge in [-0.1, -0.05) is 11.6 Å². The number of hydrogen-bond donors (Lipinski definition) is 0. The molecule has 2 nitrogen and oxygen atoms in total. The van der Waals surface area contributed by atoms with E-state index in [0.717, 1.165) is 6.20 Å². The lowest BCUT2D eigenvalue weighted by Gasteiger charge is -1.83. The molecule has 0 saturated heterocycles. The molecule has 0 aliphatic rings. The Labute approximate surface area is 50.3 Å². The monoisotopic (exact) mass is 132 g/mol. The van der Waals surface area contributed by atoms with Gasteiger partial charge in [0.2, 0.25) is 5.95 Å². The molecule has 0 aliphatic heterocycles. The van der Waals surface area contributed by atoms with Crippen LogP contribution in [-0.2, 0) is 0 Å². The Morgan fingerprint density at radius 2 is 2.25 bits per heavy atom. The van der Waals surface area contributed by atoms with Crippen LogP contribution in [0.4, 0.5) is 4.39 Å². The molecule has 0 bridgehead atoms. The molecule has 0 atom stereocenters. The summed E-state index contributed by atoms with van der Waals surface area (Å²) in [5.41, 5.74) is 0. The summed E-state index contributed by atoms with van der Waals surface area (Å²) in [6.45, 7) is 0. The minimum absolute atomic E-state index is 0.0741. The fourth-order valence-corrected chi connectivity index (χ4v) is 0.457. The van der Waals surface area contributed by atoms with Crippen LogP contribution in [-0.4, -0.2) is 9.97 Å². The van der Waals surface area contributed by atoms with Crippen molar-refractivity contribution in [3.05, 3.63) is 23.5 Å². The second kappa shape index (κ2) is 2.05. The Hall–Kier alpha value is -0.700. The lowest BCUT2D eigenvalue weighted by Crippen LogP contribution is -1.82. The maximum absolute atomic E-state index is 11.9. The van der Waals surface area contributed by atoms with Crippen LogP contribution in [0.15, 0.2) is 12.4 Å². The number of hydrogen-bond acceptors (Lipinski definition) is 2. The van der Waals surface area contributed by atoms with Crippen LogP contribution in [0, 0.1) is 5.95 Å². The standard InChI is InChI=1S/C4H2ClFN2/c5-3-1-7-2-4(6)8-3/h1-2H. The van der Waals surface area contributed by atoms with Crippen molar-refractivity contribution in [3.8, 4) is 0 Å². The first kappa shape index (κ1) is 5.44. The fourth-order valence-electron chi connectivity index (χ4n) is 0.320. The molecule has 0 unspecified atom stereocenters. The highest BCUT2D eigenvalue weighted by Crippen LogP contribution is 1.99. The van der Waals surface area contributed by atoms with Gasteiger partial charge in [-0.3, -0.25) is 4.98 Å². The molecule has 0 aromatic carbocycles. The lowest BCUT2D eigenvalue weighted by molar-refractivity contribution is 0.577. The molecule has 1 aromatic rings. The van der Waals surface area contributed by atoms with E-state index in [-0.39, 0.29) is 5.15 Å². The average molecular weight is 133 g/mol. The van der Waals surface area contributed by atoms with Gasteiger partial charge in [0, 0.05) is 0 Å². The summed E-state index contributed by atoms with van der Waals surface area (Å²) in [5.74, 6) is -0.655. The van der Waals surface area contributed by atoms with Gasteiger partial charge in [-0.2, -0.15) is 4.39 Å². The highest BCUT2D eigenvalue weighted by atomic mass is 35.5. The van der Waals surface area contributed by atoms with Crippen molar-refractivity contribution in [1.82, 2.24) is 9.97 Å². The summed E-state index contributed by atoms with van der Waals surface area (Å²) in [7, 11) is 0. The van der Waals surface area contributed by atoms with Crippen LogP contribution in [0.3, 0.4) is 0 Å². The van der Waals surface area contributed by atoms with E-state index in [4.69, 9.17) is 11.6 Å². The van der Waals surface area contributed by atoms with Crippen molar-refractivity contribution in [1.29, 1.82) is 0 Å². The number of halogens is 2. The molecule has 1 rings (SSSR count). The van der Waals surface area contributed by atoms with E-state index < -0.39 is 5.95 Å². The molecule has 8 heavy (non-hydrogen) atoms. The second-order valence-electron chi connectivity index (χ2n) is 1.16. The summed E-state index contributed by atoms with van der Waals surface area (Å²) in [4.78, 5) is 6.62. The van der Waals surface area contributed by atoms with Gasteiger partial charge in [-0.15, -0.1) is 0 Å². The Morgan fingerprint density at radius 3 is 2.62 bits per heavy atom. The predicted molar refractivity (Wildman–Crippen MR) is 27.0 cm³/mol. The van der Waals surface area contributed by atoms with E-state index in [1.54, 1.807) is 0 Å². The van der Waals surface area contributed by atoms with E-state index in [0.29, 0.717) is 0 Å². The van der Waals surface area contributed by atoms with Crippen molar-refractivity contribution < 1.29 is 4.39 Å². The number of aromatic nitrogens is 2. The molecule has 0 saturated carbocycles. The summed E-state index contributed by atoms with van der Waals surface area (Å²) < 4.78 is 11.9. The van der Waals surface area contributed by atoms with Crippen LogP contribution in [0.5, 0.6) is 0 Å². The second-order valence-corrected chi connectivity index (χ2v) is 1.55. The first-order valence-electron chi connectivity index (χ1n) is 1.92. The maximum Gasteiger partial charge on any atom is 0.232 e. The van der Waals surface area contributed by atoms with Gasteiger partial charge in [0.15, 0.2) is 5.15 Å². The Bertz CT molecular complexity index is 174. The van der Waals surface area contributed by atoms with E-state index in [9.17, 15) is 4.39 Å². The Kier molecular flexibility index (Phi) is 1.39. The lowest BCUT2D eigenvalue weighted by atomic mass is 10.7. The Morgan fingerprint density at radius 1 is 1.50 bits per heavy atom. The van der Waals surface area contributed by atoms with Crippen LogP contribution in [0.2, 0.25) is 5.15 Å². The molecule has 0 spiro atoms. The third-order valence-corrected chi connectivity index (χ3v) is 0.758. The average Bonchev–Trinajstić information content (AvgIpc) is 1.64. The van der Waals surface area contributed by atoms with Gasteiger partial charge in [0.25, 0.3) is 0 Å². The van der Waals surface area contributed by atoms with E-state index >= 15 is 0 Å². The van der Waals surface area contributed by atoms with E-state index in [1.807, 2.05) is 0 Å². The van der Waals surface area contributed by atoms with Gasteiger partial charge >= 0.3 is 0 Å². The van der Waals surface area contributed by atoms with Gasteiger partial charge in [-0.25, -0.2) is 4.98 Å². The van der Waals surface area contributed by atoms with Gasteiger partial charge < -0.3 is 0 Å². The van der Waals surface area contributed by atoms with Crippen LogP contribution in [0.1, 0.15) is 0 Å². The third kappa shape index (κ3) is 1.13. The molecule has 0 amide bonds. The SMILES string of the molecule is Fc1cncc(Cl)n1. The van der Waals surface area contributed by atoms with E-state index in [2.05, 4.69) is 9.97 Å². The van der Waals surface area contributed by atoms with Crippen LogP contribution in [0.25, 0.3) is 0 Å². The van der Waals surface area contributed by atoms with Crippen molar-refractivity contribution in [2.45, 2.75) is 0 Å². The predicted octanol–water partition coefficient (Wildman–Crippen LogP) is 1.27. The zero-order valence-corrected chi connectivity index (χ0v) is 4.56. The molecule has 1 heterocycles. The molecular weight excluding hydrogens is 131 g/mol. The quantitative estimate of drug-likeness (QED) is 0.531. The number of rotatable bonds is 0. The molecule has 0 aliphatic carbocycles. The first-order chi connectivity index (χ1) is 3.79. The fraction of sp³-hybridized carbons (Fsp3) is 0. The number of nitrogens with zero attached hydrogens (tertiary/aromatic N) is 2. The molecule has 0 fully saturated rings. The zero-order chi connectivity index (χ0) is 5.98.